The van der Waals surface area contributed by atoms with Gasteiger partial charge in [0.05, 0.1) is 0 Å². The molecule has 0 saturated heterocycles. The molecule has 0 aliphatic heterocycles. The highest BCUT2D eigenvalue weighted by Gasteiger charge is 2.94. The van der Waals surface area contributed by atoms with Crippen molar-refractivity contribution in [3.63, 3.8) is 0 Å². The second kappa shape index (κ2) is 6.06. The molecule has 0 spiro atoms. The first-order valence-electron chi connectivity index (χ1n) is 5.97. The highest BCUT2D eigenvalue weighted by Crippen LogP contribution is 2.63. The van der Waals surface area contributed by atoms with Crippen LogP contribution in [0.1, 0.15) is 6.92 Å². The summed E-state index contributed by atoms with van der Waals surface area (Å²) in [5.74, 6) is -60.7. The Balaban J connectivity index is 6.69. The lowest BCUT2D eigenvalue weighted by Crippen LogP contribution is -2.74. The molecule has 0 atom stereocenters. The third-order valence-corrected chi connectivity index (χ3v) is 3.20. The van der Waals surface area contributed by atoms with E-state index in [0.29, 0.717) is 0 Å². The number of alkyl halides is 16. The highest BCUT2D eigenvalue weighted by atomic mass is 19.4. The standard InChI is InChI=1S/C11H6F16/c1-3-5(14,15)7(18,19)9(22,23)11(26,27)10(24,25)8(20,21)6(16,17)4(2,12)13/h3H,1H2,2H3. The maximum Gasteiger partial charge on any atom is 0.385 e. The fraction of sp³-hybridized carbons (Fsp3) is 0.818. The molecular formula is C11H6F16. The van der Waals surface area contributed by atoms with Crippen LogP contribution in [0.4, 0.5) is 70.2 Å². The van der Waals surface area contributed by atoms with E-state index >= 15 is 0 Å². The van der Waals surface area contributed by atoms with Crippen LogP contribution in [0.2, 0.25) is 0 Å². The summed E-state index contributed by atoms with van der Waals surface area (Å²) in [6, 6.07) is 0. The molecule has 0 heterocycles. The van der Waals surface area contributed by atoms with Gasteiger partial charge in [0.1, 0.15) is 0 Å². The van der Waals surface area contributed by atoms with Crippen LogP contribution in [-0.2, 0) is 0 Å². The van der Waals surface area contributed by atoms with Gasteiger partial charge in [-0.3, -0.25) is 0 Å². The minimum atomic E-state index is -8.37. The molecule has 0 aromatic heterocycles. The average molecular weight is 442 g/mol. The van der Waals surface area contributed by atoms with Crippen molar-refractivity contribution in [2.75, 3.05) is 0 Å². The van der Waals surface area contributed by atoms with E-state index in [2.05, 4.69) is 0 Å². The fourth-order valence-electron chi connectivity index (χ4n) is 1.40. The van der Waals surface area contributed by atoms with E-state index in [0.717, 1.165) is 0 Å². The molecule has 0 nitrogen and oxygen atoms in total. The first-order valence-corrected chi connectivity index (χ1v) is 5.97. The highest BCUT2D eigenvalue weighted by molar-refractivity contribution is 5.17. The van der Waals surface area contributed by atoms with Crippen molar-refractivity contribution in [1.82, 2.24) is 0 Å². The van der Waals surface area contributed by atoms with Crippen LogP contribution in [0.25, 0.3) is 0 Å². The van der Waals surface area contributed by atoms with Gasteiger partial charge in [0.15, 0.2) is 0 Å². The maximum atomic E-state index is 13.1. The first kappa shape index (κ1) is 25.6. The van der Waals surface area contributed by atoms with E-state index in [1.54, 1.807) is 0 Å². The Hall–Kier alpha value is -1.38. The van der Waals surface area contributed by atoms with E-state index in [9.17, 15) is 70.2 Å². The van der Waals surface area contributed by atoms with Crippen LogP contribution in [0.5, 0.6) is 0 Å². The van der Waals surface area contributed by atoms with Crippen molar-refractivity contribution >= 4 is 0 Å². The summed E-state index contributed by atoms with van der Waals surface area (Å²) < 4.78 is 207. The molecule has 0 aliphatic rings. The molecule has 0 N–H and O–H groups in total. The summed E-state index contributed by atoms with van der Waals surface area (Å²) in [5, 5.41) is 0. The van der Waals surface area contributed by atoms with Gasteiger partial charge in [0.25, 0.3) is 0 Å². The lowest BCUT2D eigenvalue weighted by molar-refractivity contribution is -0.449. The largest absolute Gasteiger partial charge is 0.385 e. The van der Waals surface area contributed by atoms with Gasteiger partial charge in [-0.2, -0.15) is 70.2 Å². The normalized spacial score (nSPS) is 16.5. The zero-order chi connectivity index (χ0) is 22.7. The second-order valence-electron chi connectivity index (χ2n) is 5.16. The van der Waals surface area contributed by atoms with E-state index in [1.165, 1.54) is 0 Å². The predicted octanol–water partition coefficient (Wildman–Crippen LogP) is 6.27. The number of rotatable bonds is 8. The van der Waals surface area contributed by atoms with Gasteiger partial charge in [-0.05, 0) is 6.08 Å². The van der Waals surface area contributed by atoms with Crippen LogP contribution in [0.15, 0.2) is 12.7 Å². The third-order valence-electron chi connectivity index (χ3n) is 3.20. The summed E-state index contributed by atoms with van der Waals surface area (Å²) in [4.78, 5) is 0. The summed E-state index contributed by atoms with van der Waals surface area (Å²) in [7, 11) is 0. The van der Waals surface area contributed by atoms with Crippen molar-refractivity contribution in [2.24, 2.45) is 0 Å². The van der Waals surface area contributed by atoms with Crippen molar-refractivity contribution in [3.8, 4) is 0 Å². The Labute approximate surface area is 138 Å². The first-order chi connectivity index (χ1) is 11.3. The maximum absolute atomic E-state index is 13.1. The number of hydrogen-bond acceptors (Lipinski definition) is 0. The molecule has 0 aromatic carbocycles. The summed E-state index contributed by atoms with van der Waals surface area (Å²) >= 11 is 0. The summed E-state index contributed by atoms with van der Waals surface area (Å²) in [6.45, 7) is 0.613. The van der Waals surface area contributed by atoms with E-state index in [1.807, 2.05) is 6.58 Å². The lowest BCUT2D eigenvalue weighted by atomic mass is 9.88. The number of allylic oxidation sites excluding steroid dienone is 1. The van der Waals surface area contributed by atoms with E-state index < -0.39 is 60.4 Å². The molecule has 27 heavy (non-hydrogen) atoms. The summed E-state index contributed by atoms with van der Waals surface area (Å²) in [6.07, 6.45) is -1.44. The van der Waals surface area contributed by atoms with Gasteiger partial charge < -0.3 is 0 Å². The lowest BCUT2D eigenvalue weighted by Gasteiger charge is -2.43. The van der Waals surface area contributed by atoms with E-state index in [4.69, 9.17) is 0 Å². The predicted molar refractivity (Wildman–Crippen MR) is 55.4 cm³/mol. The Kier molecular flexibility index (Phi) is 5.75. The Bertz CT molecular complexity index is 565. The van der Waals surface area contributed by atoms with Crippen LogP contribution in [-0.4, -0.2) is 47.4 Å². The smallest absolute Gasteiger partial charge is 0.200 e. The minimum Gasteiger partial charge on any atom is -0.200 e. The van der Waals surface area contributed by atoms with Crippen molar-refractivity contribution in [1.29, 1.82) is 0 Å². The summed E-state index contributed by atoms with van der Waals surface area (Å²) in [5.41, 5.74) is 0. The van der Waals surface area contributed by atoms with Crippen LogP contribution >= 0.6 is 0 Å². The van der Waals surface area contributed by atoms with Gasteiger partial charge in [-0.25, -0.2) is 0 Å². The zero-order valence-electron chi connectivity index (χ0n) is 12.3. The van der Waals surface area contributed by atoms with Crippen LogP contribution in [0.3, 0.4) is 0 Å². The van der Waals surface area contributed by atoms with Gasteiger partial charge in [0.2, 0.25) is 0 Å². The van der Waals surface area contributed by atoms with Crippen molar-refractivity contribution < 1.29 is 70.2 Å². The Morgan fingerprint density at radius 3 is 0.889 bits per heavy atom. The minimum absolute atomic E-state index is 1.20. The molecule has 0 amide bonds. The number of hydrogen-bond donors (Lipinski definition) is 0. The van der Waals surface area contributed by atoms with Crippen LogP contribution < -0.4 is 0 Å². The molecule has 0 bridgehead atoms. The SMILES string of the molecule is C=CC(F)(F)C(F)(F)C(F)(F)C(F)(F)C(F)(F)C(F)(F)C(F)(F)C(C)(F)F. The second-order valence-corrected chi connectivity index (χ2v) is 5.16. The Morgan fingerprint density at radius 2 is 0.667 bits per heavy atom. The molecule has 0 unspecified atom stereocenters. The van der Waals surface area contributed by atoms with E-state index in [-0.39, 0.29) is 0 Å². The van der Waals surface area contributed by atoms with Crippen molar-refractivity contribution in [3.05, 3.63) is 12.7 Å². The topological polar surface area (TPSA) is 0 Å². The molecule has 0 aliphatic carbocycles. The monoisotopic (exact) mass is 442 g/mol. The molecule has 0 fully saturated rings. The van der Waals surface area contributed by atoms with Gasteiger partial charge >= 0.3 is 47.4 Å². The molecular weight excluding hydrogens is 436 g/mol. The third kappa shape index (κ3) is 3.02. The average Bonchev–Trinajstić information content (AvgIpc) is 2.44. The van der Waals surface area contributed by atoms with Crippen molar-refractivity contribution in [2.45, 2.75) is 54.3 Å². The quantitative estimate of drug-likeness (QED) is 0.307. The molecule has 0 rings (SSSR count). The molecule has 0 saturated carbocycles. The zero-order valence-corrected chi connectivity index (χ0v) is 12.3. The molecule has 162 valence electrons. The van der Waals surface area contributed by atoms with Gasteiger partial charge in [-0.15, -0.1) is 0 Å². The molecule has 0 aromatic rings. The van der Waals surface area contributed by atoms with Crippen LogP contribution in [0, 0.1) is 0 Å². The molecule has 16 heteroatoms. The van der Waals surface area contributed by atoms with Gasteiger partial charge in [-0.1, -0.05) is 6.58 Å². The fourth-order valence-corrected chi connectivity index (χ4v) is 1.40. The number of halogens is 16. The molecule has 0 radical (unpaired) electrons. The van der Waals surface area contributed by atoms with Gasteiger partial charge in [0, 0.05) is 6.92 Å². The Morgan fingerprint density at radius 1 is 0.444 bits per heavy atom.